The van der Waals surface area contributed by atoms with E-state index in [-0.39, 0.29) is 0 Å². The van der Waals surface area contributed by atoms with Gasteiger partial charge in [-0.1, -0.05) is 35.5 Å². The molecule has 3 aromatic rings. The molecule has 0 amide bonds. The van der Waals surface area contributed by atoms with E-state index in [1.54, 1.807) is 43.2 Å². The highest BCUT2D eigenvalue weighted by molar-refractivity contribution is 7.98. The van der Waals surface area contributed by atoms with Gasteiger partial charge in [0.25, 0.3) is 0 Å². The Balaban J connectivity index is 1.70. The molecule has 0 aliphatic heterocycles. The molecule has 6 nitrogen and oxygen atoms in total. The van der Waals surface area contributed by atoms with Gasteiger partial charge in [0, 0.05) is 10.8 Å². The Labute approximate surface area is 160 Å². The molecule has 2 aromatic carbocycles. The van der Waals surface area contributed by atoms with E-state index in [0.29, 0.717) is 16.7 Å². The number of nitrogens with zero attached hydrogens (tertiary/aromatic N) is 4. The summed E-state index contributed by atoms with van der Waals surface area (Å²) in [6.45, 7) is 0. The third-order valence-electron chi connectivity index (χ3n) is 3.52. The topological polar surface area (TPSA) is 61.5 Å². The Kier molecular flexibility index (Phi) is 6.14. The number of hydrogen-bond acceptors (Lipinski definition) is 6. The van der Waals surface area contributed by atoms with Gasteiger partial charge in [-0.25, -0.2) is 0 Å². The van der Waals surface area contributed by atoms with E-state index >= 15 is 0 Å². The molecule has 26 heavy (non-hydrogen) atoms. The Bertz CT molecular complexity index is 896. The molecule has 0 aliphatic carbocycles. The van der Waals surface area contributed by atoms with Crippen molar-refractivity contribution in [3.8, 4) is 11.5 Å². The van der Waals surface area contributed by atoms with Gasteiger partial charge in [-0.3, -0.25) is 0 Å². The standard InChI is InChI=1S/C18H17ClN4O2S/c1-24-16-8-5-14(9-17(16)25-2)10-21-23-12-20-22-18(23)26-11-13-3-6-15(19)7-4-13/h3-10,12H,11H2,1-2H3/b21-10+. The number of rotatable bonds is 7. The zero-order valence-electron chi connectivity index (χ0n) is 14.3. The van der Waals surface area contributed by atoms with Crippen molar-refractivity contribution in [2.24, 2.45) is 5.10 Å². The number of halogens is 1. The lowest BCUT2D eigenvalue weighted by Gasteiger charge is -2.07. The van der Waals surface area contributed by atoms with Crippen LogP contribution in [0.2, 0.25) is 5.02 Å². The smallest absolute Gasteiger partial charge is 0.212 e. The summed E-state index contributed by atoms with van der Waals surface area (Å²) in [6, 6.07) is 13.3. The second kappa shape index (κ2) is 8.73. The predicted octanol–water partition coefficient (Wildman–Crippen LogP) is 4.12. The van der Waals surface area contributed by atoms with Crippen molar-refractivity contribution in [2.45, 2.75) is 10.9 Å². The quantitative estimate of drug-likeness (QED) is 0.450. The first kappa shape index (κ1) is 18.3. The highest BCUT2D eigenvalue weighted by Gasteiger charge is 2.06. The van der Waals surface area contributed by atoms with E-state index in [2.05, 4.69) is 15.3 Å². The zero-order valence-corrected chi connectivity index (χ0v) is 15.9. The molecule has 3 rings (SSSR count). The summed E-state index contributed by atoms with van der Waals surface area (Å²) in [7, 11) is 3.21. The lowest BCUT2D eigenvalue weighted by molar-refractivity contribution is 0.355. The fraction of sp³-hybridized carbons (Fsp3) is 0.167. The molecule has 134 valence electrons. The van der Waals surface area contributed by atoms with Crippen molar-refractivity contribution in [1.29, 1.82) is 0 Å². The number of methoxy groups -OCH3 is 2. The van der Waals surface area contributed by atoms with Gasteiger partial charge in [-0.15, -0.1) is 10.2 Å². The Morgan fingerprint density at radius 1 is 1.12 bits per heavy atom. The highest BCUT2D eigenvalue weighted by Crippen LogP contribution is 2.27. The fourth-order valence-electron chi connectivity index (χ4n) is 2.18. The molecule has 0 radical (unpaired) electrons. The summed E-state index contributed by atoms with van der Waals surface area (Å²) < 4.78 is 12.2. The van der Waals surface area contributed by atoms with Crippen LogP contribution < -0.4 is 9.47 Å². The summed E-state index contributed by atoms with van der Waals surface area (Å²) in [5.41, 5.74) is 2.03. The Morgan fingerprint density at radius 3 is 2.62 bits per heavy atom. The molecule has 0 aliphatic rings. The molecule has 0 fully saturated rings. The number of ether oxygens (including phenoxy) is 2. The molecule has 0 atom stereocenters. The molecule has 0 saturated heterocycles. The van der Waals surface area contributed by atoms with Crippen LogP contribution in [0.25, 0.3) is 0 Å². The van der Waals surface area contributed by atoms with E-state index in [1.165, 1.54) is 0 Å². The maximum Gasteiger partial charge on any atom is 0.212 e. The van der Waals surface area contributed by atoms with Crippen molar-refractivity contribution in [1.82, 2.24) is 14.9 Å². The van der Waals surface area contributed by atoms with Crippen LogP contribution in [0.15, 0.2) is 59.0 Å². The molecule has 8 heteroatoms. The first-order valence-corrected chi connectivity index (χ1v) is 9.09. The van der Waals surface area contributed by atoms with Crippen molar-refractivity contribution in [3.63, 3.8) is 0 Å². The first-order chi connectivity index (χ1) is 12.7. The van der Waals surface area contributed by atoms with Crippen molar-refractivity contribution < 1.29 is 9.47 Å². The van der Waals surface area contributed by atoms with Crippen LogP contribution in [-0.2, 0) is 5.75 Å². The normalized spacial score (nSPS) is 11.0. The molecule has 0 N–H and O–H groups in total. The summed E-state index contributed by atoms with van der Waals surface area (Å²) in [5.74, 6) is 2.08. The molecular weight excluding hydrogens is 372 g/mol. The second-order valence-corrected chi connectivity index (χ2v) is 6.61. The lowest BCUT2D eigenvalue weighted by atomic mass is 10.2. The minimum atomic E-state index is 0.651. The number of hydrogen-bond donors (Lipinski definition) is 0. The maximum absolute atomic E-state index is 5.91. The molecule has 0 spiro atoms. The van der Waals surface area contributed by atoms with Crippen LogP contribution in [0, 0.1) is 0 Å². The minimum Gasteiger partial charge on any atom is -0.493 e. The van der Waals surface area contributed by atoms with Crippen molar-refractivity contribution in [2.75, 3.05) is 14.2 Å². The monoisotopic (exact) mass is 388 g/mol. The zero-order chi connectivity index (χ0) is 18.4. The maximum atomic E-state index is 5.91. The van der Waals surface area contributed by atoms with Crippen LogP contribution in [0.3, 0.4) is 0 Å². The average Bonchev–Trinajstić information content (AvgIpc) is 3.13. The molecule has 0 saturated carbocycles. The summed E-state index contributed by atoms with van der Waals surface area (Å²) in [6.07, 6.45) is 3.29. The third-order valence-corrected chi connectivity index (χ3v) is 4.78. The van der Waals surface area contributed by atoms with Gasteiger partial charge >= 0.3 is 0 Å². The molecule has 1 heterocycles. The molecule has 1 aromatic heterocycles. The molecule has 0 bridgehead atoms. The predicted molar refractivity (Wildman–Crippen MR) is 104 cm³/mol. The van der Waals surface area contributed by atoms with E-state index in [4.69, 9.17) is 21.1 Å². The molecular formula is C18H17ClN4O2S. The largest absolute Gasteiger partial charge is 0.493 e. The summed E-state index contributed by atoms with van der Waals surface area (Å²) in [5, 5.41) is 13.9. The molecule has 0 unspecified atom stereocenters. The summed E-state index contributed by atoms with van der Waals surface area (Å²) in [4.78, 5) is 0. The number of aromatic nitrogens is 3. The van der Waals surface area contributed by atoms with Crippen LogP contribution in [0.4, 0.5) is 0 Å². The third kappa shape index (κ3) is 4.56. The van der Waals surface area contributed by atoms with Crippen LogP contribution in [-0.4, -0.2) is 35.3 Å². The SMILES string of the molecule is COc1ccc(/C=N/n2cnnc2SCc2ccc(Cl)cc2)cc1OC. The number of thioether (sulfide) groups is 1. The second-order valence-electron chi connectivity index (χ2n) is 5.23. The highest BCUT2D eigenvalue weighted by atomic mass is 35.5. The Hall–Kier alpha value is -2.51. The van der Waals surface area contributed by atoms with E-state index in [0.717, 1.165) is 21.9 Å². The minimum absolute atomic E-state index is 0.651. The van der Waals surface area contributed by atoms with Crippen LogP contribution >= 0.6 is 23.4 Å². The lowest BCUT2D eigenvalue weighted by Crippen LogP contribution is -1.95. The van der Waals surface area contributed by atoms with Gasteiger partial charge in [-0.2, -0.15) is 9.78 Å². The number of benzene rings is 2. The van der Waals surface area contributed by atoms with E-state index in [1.807, 2.05) is 42.5 Å². The van der Waals surface area contributed by atoms with Gasteiger partial charge in [0.15, 0.2) is 11.5 Å². The van der Waals surface area contributed by atoms with Crippen molar-refractivity contribution >= 4 is 29.6 Å². The van der Waals surface area contributed by atoms with Gasteiger partial charge < -0.3 is 9.47 Å². The van der Waals surface area contributed by atoms with Gasteiger partial charge in [0.2, 0.25) is 5.16 Å². The Morgan fingerprint density at radius 2 is 1.88 bits per heavy atom. The van der Waals surface area contributed by atoms with Gasteiger partial charge in [0.05, 0.1) is 20.4 Å². The van der Waals surface area contributed by atoms with Gasteiger partial charge in [0.1, 0.15) is 6.33 Å². The van der Waals surface area contributed by atoms with Gasteiger partial charge in [-0.05, 0) is 41.5 Å². The average molecular weight is 389 g/mol. The fourth-order valence-corrected chi connectivity index (χ4v) is 3.13. The summed E-state index contributed by atoms with van der Waals surface area (Å²) >= 11 is 7.46. The van der Waals surface area contributed by atoms with E-state index < -0.39 is 0 Å². The van der Waals surface area contributed by atoms with E-state index in [9.17, 15) is 0 Å². The first-order valence-electron chi connectivity index (χ1n) is 7.73. The van der Waals surface area contributed by atoms with Crippen LogP contribution in [0.5, 0.6) is 11.5 Å². The van der Waals surface area contributed by atoms with Crippen LogP contribution in [0.1, 0.15) is 11.1 Å². The van der Waals surface area contributed by atoms with Crippen molar-refractivity contribution in [3.05, 3.63) is 64.9 Å².